The molecular weight excluding hydrogens is 614 g/mol. The number of halogens is 2. The fourth-order valence-electron chi connectivity index (χ4n) is 6.57. The van der Waals surface area contributed by atoms with E-state index in [2.05, 4.69) is 32.7 Å². The molecule has 236 valence electrons. The van der Waals surface area contributed by atoms with Crippen molar-refractivity contribution in [3.8, 4) is 34.4 Å². The smallest absolute Gasteiger partial charge is 0.268 e. The van der Waals surface area contributed by atoms with Gasteiger partial charge in [0, 0.05) is 72.1 Å². The van der Waals surface area contributed by atoms with Crippen LogP contribution in [-0.2, 0) is 13.1 Å². The Morgan fingerprint density at radius 3 is 2.25 bits per heavy atom. The lowest BCUT2D eigenvalue weighted by Gasteiger charge is -2.18. The van der Waals surface area contributed by atoms with Crippen molar-refractivity contribution in [1.29, 1.82) is 10.5 Å². The van der Waals surface area contributed by atoms with Crippen molar-refractivity contribution in [2.75, 3.05) is 13.1 Å². The topological polar surface area (TPSA) is 141 Å². The lowest BCUT2D eigenvalue weighted by Crippen LogP contribution is -2.34. The van der Waals surface area contributed by atoms with Gasteiger partial charge in [0.05, 0.1) is 34.3 Å². The van der Waals surface area contributed by atoms with Gasteiger partial charge in [-0.05, 0) is 73.0 Å². The fourth-order valence-corrected chi connectivity index (χ4v) is 6.57. The van der Waals surface area contributed by atoms with Gasteiger partial charge < -0.3 is 19.8 Å². The van der Waals surface area contributed by atoms with E-state index in [1.54, 1.807) is 42.5 Å². The molecule has 2 N–H and O–H groups in total. The van der Waals surface area contributed by atoms with Crippen molar-refractivity contribution in [3.63, 3.8) is 0 Å². The molecule has 2 aromatic carbocycles. The minimum Gasteiger partial charge on any atom is -0.351 e. The molecule has 6 heterocycles. The van der Waals surface area contributed by atoms with E-state index in [4.69, 9.17) is 0 Å². The second-order valence-corrected chi connectivity index (χ2v) is 11.5. The van der Waals surface area contributed by atoms with E-state index in [1.807, 2.05) is 16.1 Å². The summed E-state index contributed by atoms with van der Waals surface area (Å²) >= 11 is 0. The first-order chi connectivity index (χ1) is 23.3. The Labute approximate surface area is 272 Å². The minimum atomic E-state index is -0.579. The molecule has 0 aliphatic carbocycles. The molecule has 2 aliphatic rings. The van der Waals surface area contributed by atoms with Crippen molar-refractivity contribution >= 4 is 33.6 Å². The zero-order chi connectivity index (χ0) is 33.5. The van der Waals surface area contributed by atoms with Crippen molar-refractivity contribution in [2.45, 2.75) is 26.4 Å². The van der Waals surface area contributed by atoms with Gasteiger partial charge in [-0.1, -0.05) is 0 Å². The van der Waals surface area contributed by atoms with Crippen LogP contribution in [0.4, 0.5) is 8.78 Å². The molecule has 12 heteroatoms. The Hall–Kier alpha value is -6.40. The number of nitriles is 2. The predicted octanol–water partition coefficient (Wildman–Crippen LogP) is 5.61. The lowest BCUT2D eigenvalue weighted by molar-refractivity contribution is 0.0926. The molecule has 0 unspecified atom stereocenters. The first kappa shape index (κ1) is 30.3. The van der Waals surface area contributed by atoms with Crippen molar-refractivity contribution in [1.82, 2.24) is 29.7 Å². The van der Waals surface area contributed by atoms with E-state index in [-0.39, 0.29) is 11.8 Å². The third kappa shape index (κ3) is 5.19. The van der Waals surface area contributed by atoms with E-state index in [0.717, 1.165) is 44.9 Å². The highest BCUT2D eigenvalue weighted by molar-refractivity contribution is 6.07. The van der Waals surface area contributed by atoms with Crippen LogP contribution in [0.1, 0.15) is 44.1 Å². The third-order valence-electron chi connectivity index (χ3n) is 8.65. The molecule has 0 saturated carbocycles. The van der Waals surface area contributed by atoms with Crippen LogP contribution in [0.15, 0.2) is 67.0 Å². The van der Waals surface area contributed by atoms with E-state index < -0.39 is 11.9 Å². The summed E-state index contributed by atoms with van der Waals surface area (Å²) in [5, 5.41) is 26.0. The van der Waals surface area contributed by atoms with Crippen LogP contribution in [0.25, 0.3) is 44.1 Å². The number of carbonyl (C=O) groups excluding carboxylic acids is 2. The summed E-state index contributed by atoms with van der Waals surface area (Å²) in [6, 6.07) is 19.1. The van der Waals surface area contributed by atoms with Gasteiger partial charge in [-0.15, -0.1) is 0 Å². The number of fused-ring (bicyclic) bond motifs is 6. The maximum atomic E-state index is 13.7. The molecule has 8 rings (SSSR count). The molecule has 4 aromatic heterocycles. The van der Waals surface area contributed by atoms with Crippen molar-refractivity contribution < 1.29 is 18.4 Å². The minimum absolute atomic E-state index is 0.114. The van der Waals surface area contributed by atoms with Crippen LogP contribution >= 0.6 is 0 Å². The Balaban J connectivity index is 0.000000152. The monoisotopic (exact) mass is 640 g/mol. The number of hydrogen-bond acceptors (Lipinski definition) is 6. The van der Waals surface area contributed by atoms with Gasteiger partial charge in [0.15, 0.2) is 0 Å². The maximum Gasteiger partial charge on any atom is 0.268 e. The molecule has 6 aromatic rings. The standard InChI is InChI=1S/C19H15FN4O.C17H11FN4O/c1-11-14-7-12(10-21)8-15(13-3-5-22-16(20)9-13)18(14)24-6-2-4-23-19(25)17(11)24;18-15-2-1-11(9-21-15)13-6-10(8-19)5-12-7-14-17(23)20-3-4-22(14)16(12)13/h3,5,7-9H,2,4,6H2,1H3,(H,23,25);1-2,5-7,9H,3-4H2,(H,20,23). The van der Waals surface area contributed by atoms with Gasteiger partial charge in [-0.25, -0.2) is 9.97 Å². The van der Waals surface area contributed by atoms with Crippen LogP contribution < -0.4 is 10.6 Å². The molecule has 0 saturated heterocycles. The first-order valence-corrected chi connectivity index (χ1v) is 15.2. The first-order valence-electron chi connectivity index (χ1n) is 15.2. The molecule has 0 spiro atoms. The largest absolute Gasteiger partial charge is 0.351 e. The second-order valence-electron chi connectivity index (χ2n) is 11.5. The van der Waals surface area contributed by atoms with E-state index in [0.29, 0.717) is 59.8 Å². The summed E-state index contributed by atoms with van der Waals surface area (Å²) in [7, 11) is 0. The Morgan fingerprint density at radius 2 is 1.52 bits per heavy atom. The summed E-state index contributed by atoms with van der Waals surface area (Å²) in [5.41, 5.74) is 7.55. The van der Waals surface area contributed by atoms with Crippen molar-refractivity contribution in [2.24, 2.45) is 0 Å². The molecular formula is C36H26F2N8O2. The highest BCUT2D eigenvalue weighted by Crippen LogP contribution is 2.37. The number of carbonyl (C=O) groups is 2. The zero-order valence-electron chi connectivity index (χ0n) is 25.6. The summed E-state index contributed by atoms with van der Waals surface area (Å²) < 4.78 is 30.7. The van der Waals surface area contributed by atoms with Gasteiger partial charge in [0.2, 0.25) is 11.9 Å². The Morgan fingerprint density at radius 1 is 0.771 bits per heavy atom. The van der Waals surface area contributed by atoms with Crippen LogP contribution in [0.2, 0.25) is 0 Å². The molecule has 2 aliphatic heterocycles. The average molecular weight is 641 g/mol. The Kier molecular flexibility index (Phi) is 7.62. The molecule has 48 heavy (non-hydrogen) atoms. The number of aromatic nitrogens is 4. The molecule has 10 nitrogen and oxygen atoms in total. The normalized spacial score (nSPS) is 13.7. The van der Waals surface area contributed by atoms with E-state index in [9.17, 15) is 28.9 Å². The summed E-state index contributed by atoms with van der Waals surface area (Å²) in [6.45, 7) is 4.40. The number of hydrogen-bond donors (Lipinski definition) is 2. The molecule has 0 radical (unpaired) electrons. The SMILES string of the molecule is Cc1c2n(c3c(-c4ccnc(F)c4)cc(C#N)cc13)CCCNC2=O.N#Cc1cc(-c2ccc(F)nc2)c2c(c1)cc1n2CCNC1=O. The highest BCUT2D eigenvalue weighted by atomic mass is 19.1. The Bertz CT molecular complexity index is 2380. The molecule has 0 atom stereocenters. The van der Waals surface area contributed by atoms with Gasteiger partial charge >= 0.3 is 0 Å². The van der Waals surface area contributed by atoms with Crippen LogP contribution in [0.3, 0.4) is 0 Å². The number of rotatable bonds is 2. The molecule has 0 bridgehead atoms. The van der Waals surface area contributed by atoms with E-state index >= 15 is 0 Å². The third-order valence-corrected chi connectivity index (χ3v) is 8.65. The quantitative estimate of drug-likeness (QED) is 0.236. The number of amides is 2. The number of benzene rings is 2. The molecule has 2 amide bonds. The zero-order valence-corrected chi connectivity index (χ0v) is 25.6. The van der Waals surface area contributed by atoms with Crippen LogP contribution in [0, 0.1) is 41.5 Å². The van der Waals surface area contributed by atoms with E-state index in [1.165, 1.54) is 24.5 Å². The summed E-state index contributed by atoms with van der Waals surface area (Å²) in [6.07, 6.45) is 3.65. The summed E-state index contributed by atoms with van der Waals surface area (Å²) in [4.78, 5) is 31.8. The van der Waals surface area contributed by atoms with Gasteiger partial charge in [-0.3, -0.25) is 9.59 Å². The molecule has 0 fully saturated rings. The fraction of sp³-hybridized carbons (Fsp3) is 0.167. The highest BCUT2D eigenvalue weighted by Gasteiger charge is 2.25. The average Bonchev–Trinajstić information content (AvgIpc) is 3.54. The number of pyridine rings is 2. The summed E-state index contributed by atoms with van der Waals surface area (Å²) in [5.74, 6) is -1.38. The lowest BCUT2D eigenvalue weighted by atomic mass is 9.99. The number of nitrogens with one attached hydrogen (secondary N) is 2. The van der Waals surface area contributed by atoms with Crippen molar-refractivity contribution in [3.05, 3.63) is 107 Å². The second kappa shape index (κ2) is 12.1. The number of nitrogens with zero attached hydrogens (tertiary/aromatic N) is 6. The number of aryl methyl sites for hydroxylation is 2. The van der Waals surface area contributed by atoms with Crippen LogP contribution in [-0.4, -0.2) is 44.0 Å². The van der Waals surface area contributed by atoms with Gasteiger partial charge in [-0.2, -0.15) is 19.3 Å². The van der Waals surface area contributed by atoms with Gasteiger partial charge in [0.1, 0.15) is 11.4 Å². The predicted molar refractivity (Wildman–Crippen MR) is 174 cm³/mol. The van der Waals surface area contributed by atoms with Gasteiger partial charge in [0.25, 0.3) is 11.8 Å². The van der Waals surface area contributed by atoms with Crippen LogP contribution in [0.5, 0.6) is 0 Å². The maximum absolute atomic E-state index is 13.7.